The Morgan fingerprint density at radius 1 is 0.297 bits per heavy atom. The topological polar surface area (TPSA) is 25.8 Å². The predicted octanol–water partition coefficient (Wildman–Crippen LogP) is 22.0. The molecule has 0 spiro atoms. The first kappa shape index (κ1) is 54.9. The average Bonchev–Trinajstić information content (AvgIpc) is 3.88. The van der Waals surface area contributed by atoms with Crippen molar-refractivity contribution in [1.29, 1.82) is 0 Å². The van der Waals surface area contributed by atoms with Gasteiger partial charge in [-0.3, -0.25) is 9.97 Å². The fraction of sp³-hybridized carbons (Fsp3) is 0.472. The highest BCUT2D eigenvalue weighted by Gasteiger charge is 2.43. The average molecular weight is 986 g/mol. The molecule has 8 rings (SSSR count). The summed E-state index contributed by atoms with van der Waals surface area (Å²) in [5.74, 6) is 0. The lowest BCUT2D eigenvalue weighted by Gasteiger charge is -2.33. The van der Waals surface area contributed by atoms with Crippen LogP contribution in [-0.4, -0.2) is 9.97 Å². The van der Waals surface area contributed by atoms with Crippen LogP contribution < -0.4 is 0 Å². The van der Waals surface area contributed by atoms with Gasteiger partial charge in [0, 0.05) is 46.7 Å². The summed E-state index contributed by atoms with van der Waals surface area (Å²) in [5, 5.41) is 0. The van der Waals surface area contributed by atoms with E-state index in [2.05, 4.69) is 149 Å². The van der Waals surface area contributed by atoms with Crippen molar-refractivity contribution in [3.63, 3.8) is 0 Å². The largest absolute Gasteiger partial charge is 0.263 e. The second-order valence-corrected chi connectivity index (χ2v) is 22.6. The Kier molecular flexibility index (Phi) is 21.2. The molecule has 2 aliphatic rings. The SMILES string of the molecule is CCCCCCCCC1(CCCCCCCC)c2ccccc2-c2ccc(C=Cc3cncc(-c4cncc(C=Cc5ccc6c(c5)C(CCCCCCCC)(CCCCCCCC)c5ccccc5-6)c4)c3)cc21. The highest BCUT2D eigenvalue weighted by molar-refractivity contribution is 5.85. The van der Waals surface area contributed by atoms with Crippen molar-refractivity contribution in [3.05, 3.63) is 166 Å². The lowest BCUT2D eigenvalue weighted by Crippen LogP contribution is -2.25. The van der Waals surface area contributed by atoms with Crippen LogP contribution in [0.5, 0.6) is 0 Å². The minimum Gasteiger partial charge on any atom is -0.263 e. The highest BCUT2D eigenvalue weighted by atomic mass is 14.6. The number of pyridine rings is 2. The van der Waals surface area contributed by atoms with Crippen molar-refractivity contribution in [1.82, 2.24) is 9.97 Å². The molecule has 2 heteroatoms. The van der Waals surface area contributed by atoms with Crippen LogP contribution in [0.25, 0.3) is 57.7 Å². The number of hydrogen-bond donors (Lipinski definition) is 0. The van der Waals surface area contributed by atoms with E-state index in [1.807, 2.05) is 24.8 Å². The van der Waals surface area contributed by atoms with Gasteiger partial charge in [-0.1, -0.05) is 291 Å². The lowest BCUT2D eigenvalue weighted by atomic mass is 9.70. The molecule has 4 aromatic carbocycles. The van der Waals surface area contributed by atoms with Crippen LogP contribution in [0.2, 0.25) is 0 Å². The molecular weight excluding hydrogens is 893 g/mol. The van der Waals surface area contributed by atoms with Crippen molar-refractivity contribution in [3.8, 4) is 33.4 Å². The second kappa shape index (κ2) is 28.5. The summed E-state index contributed by atoms with van der Waals surface area (Å²) >= 11 is 0. The molecule has 0 saturated carbocycles. The quantitative estimate of drug-likeness (QED) is 0.0384. The van der Waals surface area contributed by atoms with Gasteiger partial charge in [-0.05, 0) is 105 Å². The summed E-state index contributed by atoms with van der Waals surface area (Å²) in [4.78, 5) is 9.54. The van der Waals surface area contributed by atoms with E-state index in [9.17, 15) is 0 Å². The molecule has 2 heterocycles. The highest BCUT2D eigenvalue weighted by Crippen LogP contribution is 2.56. The van der Waals surface area contributed by atoms with Gasteiger partial charge in [0.1, 0.15) is 0 Å². The maximum Gasteiger partial charge on any atom is 0.0347 e. The Morgan fingerprint density at radius 2 is 0.608 bits per heavy atom. The minimum atomic E-state index is 0.0800. The normalized spacial score (nSPS) is 13.9. The van der Waals surface area contributed by atoms with Crippen LogP contribution in [0.15, 0.2) is 122 Å². The first-order valence-corrected chi connectivity index (χ1v) is 30.3. The molecule has 0 bridgehead atoms. The zero-order chi connectivity index (χ0) is 51.3. The summed E-state index contributed by atoms with van der Waals surface area (Å²) in [6.07, 6.45) is 54.0. The number of nitrogens with zero attached hydrogens (tertiary/aromatic N) is 2. The summed E-state index contributed by atoms with van der Waals surface area (Å²) in [6.45, 7) is 9.28. The summed E-state index contributed by atoms with van der Waals surface area (Å²) in [7, 11) is 0. The summed E-state index contributed by atoms with van der Waals surface area (Å²) in [6, 6.07) is 37.9. The zero-order valence-electron chi connectivity index (χ0n) is 46.5. The molecule has 0 radical (unpaired) electrons. The monoisotopic (exact) mass is 985 g/mol. The number of benzene rings is 4. The molecule has 0 aliphatic heterocycles. The van der Waals surface area contributed by atoms with Gasteiger partial charge in [0.25, 0.3) is 0 Å². The Hall–Kier alpha value is -5.34. The van der Waals surface area contributed by atoms with Gasteiger partial charge in [-0.15, -0.1) is 0 Å². The van der Waals surface area contributed by atoms with Gasteiger partial charge < -0.3 is 0 Å². The van der Waals surface area contributed by atoms with E-state index in [0.717, 1.165) is 22.3 Å². The van der Waals surface area contributed by atoms with Gasteiger partial charge in [-0.2, -0.15) is 0 Å². The fourth-order valence-electron chi connectivity index (χ4n) is 13.1. The van der Waals surface area contributed by atoms with E-state index in [0.29, 0.717) is 0 Å². The summed E-state index contributed by atoms with van der Waals surface area (Å²) in [5.41, 5.74) is 19.1. The maximum absolute atomic E-state index is 4.77. The molecule has 6 aromatic rings. The summed E-state index contributed by atoms with van der Waals surface area (Å²) < 4.78 is 0. The molecule has 0 atom stereocenters. The third kappa shape index (κ3) is 13.7. The van der Waals surface area contributed by atoms with Crippen molar-refractivity contribution in [2.75, 3.05) is 0 Å². The number of rotatable bonds is 33. The Labute approximate surface area is 450 Å². The van der Waals surface area contributed by atoms with E-state index in [4.69, 9.17) is 9.97 Å². The van der Waals surface area contributed by atoms with Crippen molar-refractivity contribution in [2.45, 2.75) is 218 Å². The van der Waals surface area contributed by atoms with Crippen LogP contribution in [-0.2, 0) is 10.8 Å². The van der Waals surface area contributed by atoms with Gasteiger partial charge in [0.2, 0.25) is 0 Å². The minimum absolute atomic E-state index is 0.0800. The fourth-order valence-corrected chi connectivity index (χ4v) is 13.1. The molecule has 2 nitrogen and oxygen atoms in total. The van der Waals surface area contributed by atoms with E-state index >= 15 is 0 Å². The maximum atomic E-state index is 4.77. The number of unbranched alkanes of at least 4 members (excludes halogenated alkanes) is 20. The number of hydrogen-bond acceptors (Lipinski definition) is 2. The molecule has 74 heavy (non-hydrogen) atoms. The number of aromatic nitrogens is 2. The molecule has 2 aromatic heterocycles. The predicted molar refractivity (Wildman–Crippen MR) is 323 cm³/mol. The lowest BCUT2D eigenvalue weighted by molar-refractivity contribution is 0.398. The molecule has 0 N–H and O–H groups in total. The first-order valence-electron chi connectivity index (χ1n) is 30.3. The van der Waals surface area contributed by atoms with E-state index in [1.165, 1.54) is 213 Å². The molecule has 0 unspecified atom stereocenters. The molecule has 2 aliphatic carbocycles. The standard InChI is InChI=1S/C72H92N2/c1-5-9-13-17-21-29-45-71(46-30-22-18-14-10-6-2)67-35-27-25-33-63(67)65-43-41-57(51-69(65)71)37-39-59-49-61(55-73-53-59)62-50-60(54-74-56-62)40-38-58-42-44-66-64-34-26-28-36-68(64)72(70(66)52-58,47-31-23-19-15-11-7-3)48-32-24-20-16-12-8-4/h25-28,33-44,49-56H,5-24,29-32,45-48H2,1-4H3. The van der Waals surface area contributed by atoms with Crippen molar-refractivity contribution in [2.24, 2.45) is 0 Å². The van der Waals surface area contributed by atoms with E-state index in [-0.39, 0.29) is 10.8 Å². The van der Waals surface area contributed by atoms with Crippen LogP contribution in [0, 0.1) is 0 Å². The van der Waals surface area contributed by atoms with Crippen LogP contribution in [0.4, 0.5) is 0 Å². The molecule has 390 valence electrons. The third-order valence-electron chi connectivity index (χ3n) is 17.2. The number of fused-ring (bicyclic) bond motifs is 6. The second-order valence-electron chi connectivity index (χ2n) is 22.6. The third-order valence-corrected chi connectivity index (χ3v) is 17.2. The molecule has 0 saturated heterocycles. The van der Waals surface area contributed by atoms with Crippen molar-refractivity contribution >= 4 is 24.3 Å². The van der Waals surface area contributed by atoms with Crippen LogP contribution >= 0.6 is 0 Å². The Balaban J connectivity index is 1.00. The first-order chi connectivity index (χ1) is 36.5. The van der Waals surface area contributed by atoms with Gasteiger partial charge in [0.15, 0.2) is 0 Å². The molecule has 0 fully saturated rings. The molecular formula is C72H92N2. The Morgan fingerprint density at radius 3 is 0.973 bits per heavy atom. The molecule has 0 amide bonds. The van der Waals surface area contributed by atoms with Gasteiger partial charge >= 0.3 is 0 Å². The zero-order valence-corrected chi connectivity index (χ0v) is 46.5. The van der Waals surface area contributed by atoms with Crippen molar-refractivity contribution < 1.29 is 0 Å². The van der Waals surface area contributed by atoms with Gasteiger partial charge in [0.05, 0.1) is 0 Å². The smallest absolute Gasteiger partial charge is 0.0347 e. The van der Waals surface area contributed by atoms with Gasteiger partial charge in [-0.25, -0.2) is 0 Å². The van der Waals surface area contributed by atoms with Crippen LogP contribution in [0.1, 0.15) is 252 Å². The van der Waals surface area contributed by atoms with Crippen LogP contribution in [0.3, 0.4) is 0 Å². The van der Waals surface area contributed by atoms with E-state index in [1.54, 1.807) is 22.3 Å². The Bertz CT molecular complexity index is 2500. The van der Waals surface area contributed by atoms with E-state index < -0.39 is 0 Å².